The van der Waals surface area contributed by atoms with Crippen LogP contribution in [0.4, 0.5) is 0 Å². The summed E-state index contributed by atoms with van der Waals surface area (Å²) in [5.41, 5.74) is 0.0856. The van der Waals surface area contributed by atoms with Crippen LogP contribution in [-0.4, -0.2) is 36.7 Å². The third-order valence-electron chi connectivity index (χ3n) is 1.06. The Hall–Kier alpha value is -0.481. The first-order chi connectivity index (χ1) is 5.11. The average Bonchev–Trinajstić information content (AvgIpc) is 2.33. The zero-order valence-corrected chi connectivity index (χ0v) is 9.44. The molecule has 0 saturated carbocycles. The van der Waals surface area contributed by atoms with E-state index in [1.807, 2.05) is 0 Å². The van der Waals surface area contributed by atoms with Gasteiger partial charge in [-0.1, -0.05) is 0 Å². The molecule has 0 aliphatic heterocycles. The number of carboxylic acid groups (broad SMARTS) is 2. The summed E-state index contributed by atoms with van der Waals surface area (Å²) >= 11 is -0.320. The van der Waals surface area contributed by atoms with E-state index in [1.165, 1.54) is 11.0 Å². The van der Waals surface area contributed by atoms with Crippen LogP contribution in [0, 0.1) is 0 Å². The summed E-state index contributed by atoms with van der Waals surface area (Å²) in [7, 11) is 0. The molecule has 0 aliphatic carbocycles. The summed E-state index contributed by atoms with van der Waals surface area (Å²) in [5, 5.41) is 16.9. The Bertz CT molecular complexity index is 281. The van der Waals surface area contributed by atoms with E-state index < -0.39 is 11.9 Å². The van der Waals surface area contributed by atoms with E-state index in [0.717, 1.165) is 0 Å². The number of hydrogen-bond donors (Lipinski definition) is 2. The SMILES string of the molecule is Cl.Cl.O=C(O)c1c[se]c(C(=O)O)c1. The standard InChI is InChI=1S/C6H4O4Se.2ClH/c7-5(8)3-1-4(6(9)10)11-2-3;;/h1-2H,(H,7,8)(H,9,10);2*1H. The summed E-state index contributed by atoms with van der Waals surface area (Å²) in [6, 6.07) is 1.20. The number of rotatable bonds is 2. The molecule has 0 aromatic carbocycles. The van der Waals surface area contributed by atoms with Crippen LogP contribution in [-0.2, 0) is 0 Å². The fourth-order valence-electron chi connectivity index (χ4n) is 0.561. The van der Waals surface area contributed by atoms with Crippen molar-refractivity contribution in [2.45, 2.75) is 0 Å². The molecule has 4 nitrogen and oxygen atoms in total. The minimum atomic E-state index is -1.07. The van der Waals surface area contributed by atoms with Crippen LogP contribution in [0.15, 0.2) is 11.0 Å². The molecule has 13 heavy (non-hydrogen) atoms. The average molecular weight is 292 g/mol. The van der Waals surface area contributed by atoms with Crippen molar-refractivity contribution in [3.8, 4) is 0 Å². The Balaban J connectivity index is 0. The molecule has 0 spiro atoms. The second-order valence-electron chi connectivity index (χ2n) is 1.81. The van der Waals surface area contributed by atoms with Crippen LogP contribution < -0.4 is 0 Å². The maximum absolute atomic E-state index is 10.3. The molecule has 0 atom stereocenters. The summed E-state index contributed by atoms with van der Waals surface area (Å²) in [5.74, 6) is -2.10. The second-order valence-corrected chi connectivity index (χ2v) is 3.72. The quantitative estimate of drug-likeness (QED) is 0.797. The van der Waals surface area contributed by atoms with Crippen LogP contribution in [0.2, 0.25) is 0 Å². The molecule has 0 radical (unpaired) electrons. The monoisotopic (exact) mass is 292 g/mol. The van der Waals surface area contributed by atoms with Crippen LogP contribution in [0.1, 0.15) is 19.6 Å². The number of carboxylic acids is 2. The van der Waals surface area contributed by atoms with E-state index in [1.54, 1.807) is 0 Å². The van der Waals surface area contributed by atoms with Crippen molar-refractivity contribution in [2.75, 3.05) is 0 Å². The van der Waals surface area contributed by atoms with Gasteiger partial charge in [0, 0.05) is 0 Å². The first kappa shape index (κ1) is 15.0. The molecule has 0 unspecified atom stereocenters. The second kappa shape index (κ2) is 6.05. The first-order valence-corrected chi connectivity index (χ1v) is 4.51. The Labute approximate surface area is 92.1 Å². The fourth-order valence-corrected chi connectivity index (χ4v) is 2.07. The van der Waals surface area contributed by atoms with Crippen molar-refractivity contribution < 1.29 is 19.8 Å². The van der Waals surface area contributed by atoms with E-state index in [9.17, 15) is 9.59 Å². The summed E-state index contributed by atoms with van der Waals surface area (Å²) < 4.78 is 0.190. The van der Waals surface area contributed by atoms with E-state index in [0.29, 0.717) is 0 Å². The molecule has 1 aromatic rings. The molecule has 0 aliphatic rings. The van der Waals surface area contributed by atoms with Crippen molar-refractivity contribution >= 4 is 51.3 Å². The van der Waals surface area contributed by atoms with Crippen LogP contribution >= 0.6 is 24.8 Å². The molecule has 0 saturated heterocycles. The van der Waals surface area contributed by atoms with E-state index in [-0.39, 0.29) is 49.3 Å². The number of halogens is 2. The van der Waals surface area contributed by atoms with Gasteiger partial charge in [-0.05, 0) is 0 Å². The molecule has 0 amide bonds. The predicted molar refractivity (Wildman–Crippen MR) is 51.8 cm³/mol. The van der Waals surface area contributed by atoms with Gasteiger partial charge in [0.1, 0.15) is 0 Å². The molecule has 0 fully saturated rings. The summed E-state index contributed by atoms with van der Waals surface area (Å²) in [6.45, 7) is 0. The predicted octanol–water partition coefficient (Wildman–Crippen LogP) is 0.984. The van der Waals surface area contributed by atoms with Gasteiger partial charge in [0.25, 0.3) is 0 Å². The van der Waals surface area contributed by atoms with Gasteiger partial charge in [-0.25, -0.2) is 0 Å². The van der Waals surface area contributed by atoms with E-state index in [4.69, 9.17) is 10.2 Å². The van der Waals surface area contributed by atoms with Crippen molar-refractivity contribution in [1.82, 2.24) is 0 Å². The van der Waals surface area contributed by atoms with Crippen molar-refractivity contribution in [2.24, 2.45) is 0 Å². The molecule has 74 valence electrons. The van der Waals surface area contributed by atoms with E-state index in [2.05, 4.69) is 0 Å². The molecular weight excluding hydrogens is 286 g/mol. The Morgan fingerprint density at radius 1 is 1.15 bits per heavy atom. The third-order valence-corrected chi connectivity index (χ3v) is 2.98. The topological polar surface area (TPSA) is 74.6 Å². The molecular formula is C6H6Cl2O4Se. The van der Waals surface area contributed by atoms with Gasteiger partial charge >= 0.3 is 67.3 Å². The van der Waals surface area contributed by atoms with Gasteiger partial charge in [-0.15, -0.1) is 24.8 Å². The number of hydrogen-bond acceptors (Lipinski definition) is 2. The number of aromatic carboxylic acids is 2. The van der Waals surface area contributed by atoms with Gasteiger partial charge < -0.3 is 0 Å². The van der Waals surface area contributed by atoms with Gasteiger partial charge in [-0.2, -0.15) is 0 Å². The Kier molecular flexibility index (Phi) is 6.98. The van der Waals surface area contributed by atoms with Crippen molar-refractivity contribution in [3.05, 3.63) is 21.0 Å². The summed E-state index contributed by atoms with van der Waals surface area (Å²) in [6.07, 6.45) is 0. The van der Waals surface area contributed by atoms with Crippen LogP contribution in [0.5, 0.6) is 0 Å². The summed E-state index contributed by atoms with van der Waals surface area (Å²) in [4.78, 5) is 22.0. The van der Waals surface area contributed by atoms with Gasteiger partial charge in [0.2, 0.25) is 0 Å². The van der Waals surface area contributed by atoms with Gasteiger partial charge in [-0.3, -0.25) is 0 Å². The zero-order valence-electron chi connectivity index (χ0n) is 6.09. The van der Waals surface area contributed by atoms with Gasteiger partial charge in [0.05, 0.1) is 0 Å². The van der Waals surface area contributed by atoms with E-state index >= 15 is 0 Å². The maximum atomic E-state index is 10.3. The molecule has 0 bridgehead atoms. The molecule has 7 heteroatoms. The van der Waals surface area contributed by atoms with Crippen molar-refractivity contribution in [3.63, 3.8) is 0 Å². The molecule has 1 heterocycles. The molecule has 1 aromatic heterocycles. The molecule has 2 N–H and O–H groups in total. The Morgan fingerprint density at radius 3 is 1.92 bits per heavy atom. The van der Waals surface area contributed by atoms with Crippen LogP contribution in [0.25, 0.3) is 0 Å². The first-order valence-electron chi connectivity index (χ1n) is 2.66. The normalized spacial score (nSPS) is 8.00. The third kappa shape index (κ3) is 3.83. The van der Waals surface area contributed by atoms with Crippen molar-refractivity contribution in [1.29, 1.82) is 0 Å². The fraction of sp³-hybridized carbons (Fsp3) is 0. The van der Waals surface area contributed by atoms with Gasteiger partial charge in [0.15, 0.2) is 0 Å². The van der Waals surface area contributed by atoms with Crippen LogP contribution in [0.3, 0.4) is 0 Å². The zero-order chi connectivity index (χ0) is 8.43. The Morgan fingerprint density at radius 2 is 1.69 bits per heavy atom. The minimum absolute atomic E-state index is 0. The molecule has 1 rings (SSSR count). The number of carbonyl (C=O) groups is 2.